The molecule has 14 heavy (non-hydrogen) atoms. The third-order valence-corrected chi connectivity index (χ3v) is 3.56. The number of rotatable bonds is 2. The Hall–Kier alpha value is -0.220. The van der Waals surface area contributed by atoms with Gasteiger partial charge in [0.15, 0.2) is 6.10 Å². The van der Waals surface area contributed by atoms with E-state index >= 15 is 0 Å². The van der Waals surface area contributed by atoms with E-state index < -0.39 is 0 Å². The van der Waals surface area contributed by atoms with Gasteiger partial charge in [-0.05, 0) is 12.3 Å². The van der Waals surface area contributed by atoms with Crippen molar-refractivity contribution in [2.45, 2.75) is 39.2 Å². The molecule has 0 amide bonds. The van der Waals surface area contributed by atoms with E-state index in [0.29, 0.717) is 12.4 Å². The molecule has 0 saturated carbocycles. The first-order chi connectivity index (χ1) is 6.45. The van der Waals surface area contributed by atoms with Crippen molar-refractivity contribution in [2.75, 3.05) is 12.4 Å². The van der Waals surface area contributed by atoms with Gasteiger partial charge in [0.1, 0.15) is 5.44 Å². The molecule has 1 heterocycles. The summed E-state index contributed by atoms with van der Waals surface area (Å²) in [5.41, 5.74) is 0.170. The van der Waals surface area contributed by atoms with Gasteiger partial charge in [0.05, 0.1) is 6.61 Å². The Labute approximate surface area is 89.5 Å². The second kappa shape index (κ2) is 4.53. The van der Waals surface area contributed by atoms with E-state index in [1.54, 1.807) is 18.7 Å². The molecule has 0 spiro atoms. The van der Waals surface area contributed by atoms with Gasteiger partial charge in [0, 0.05) is 5.75 Å². The summed E-state index contributed by atoms with van der Waals surface area (Å²) in [4.78, 5) is 11.4. The maximum Gasteiger partial charge on any atom is 0.336 e. The van der Waals surface area contributed by atoms with Crippen molar-refractivity contribution in [3.63, 3.8) is 0 Å². The summed E-state index contributed by atoms with van der Waals surface area (Å²) in [6.07, 6.45) is -0.371. The van der Waals surface area contributed by atoms with Crippen molar-refractivity contribution in [3.05, 3.63) is 0 Å². The molecule has 82 valence electrons. The van der Waals surface area contributed by atoms with Gasteiger partial charge >= 0.3 is 5.97 Å². The lowest BCUT2D eigenvalue weighted by Gasteiger charge is -2.25. The minimum atomic E-state index is -0.371. The van der Waals surface area contributed by atoms with Crippen LogP contribution in [0.2, 0.25) is 0 Å². The summed E-state index contributed by atoms with van der Waals surface area (Å²) in [6.45, 7) is 8.55. The van der Waals surface area contributed by atoms with Crippen molar-refractivity contribution >= 4 is 17.7 Å². The molecule has 2 atom stereocenters. The van der Waals surface area contributed by atoms with Gasteiger partial charge in [-0.1, -0.05) is 20.8 Å². The molecule has 1 aliphatic rings. The Morgan fingerprint density at radius 3 is 2.64 bits per heavy atom. The molecule has 4 heteroatoms. The maximum absolute atomic E-state index is 11.4. The summed E-state index contributed by atoms with van der Waals surface area (Å²) in [6, 6.07) is 0. The number of thioether (sulfide) groups is 1. The molecule has 0 N–H and O–H groups in total. The van der Waals surface area contributed by atoms with E-state index in [1.807, 2.05) is 0 Å². The fourth-order valence-corrected chi connectivity index (χ4v) is 2.49. The quantitative estimate of drug-likeness (QED) is 0.665. The third-order valence-electron chi connectivity index (χ3n) is 1.94. The molecular formula is C10H18O3S. The van der Waals surface area contributed by atoms with Gasteiger partial charge in [-0.2, -0.15) is 0 Å². The number of hydrogen-bond donors (Lipinski definition) is 0. The van der Waals surface area contributed by atoms with E-state index in [-0.39, 0.29) is 22.9 Å². The first-order valence-electron chi connectivity index (χ1n) is 4.89. The molecule has 0 aromatic rings. The van der Waals surface area contributed by atoms with Crippen LogP contribution in [0.4, 0.5) is 0 Å². The summed E-state index contributed by atoms with van der Waals surface area (Å²) < 4.78 is 10.5. The lowest BCUT2D eigenvalue weighted by Crippen LogP contribution is -2.29. The zero-order valence-electron chi connectivity index (χ0n) is 9.20. The van der Waals surface area contributed by atoms with Crippen LogP contribution in [0.3, 0.4) is 0 Å². The highest BCUT2D eigenvalue weighted by Gasteiger charge is 2.38. The van der Waals surface area contributed by atoms with Crippen LogP contribution in [0.5, 0.6) is 0 Å². The minimum absolute atomic E-state index is 0.0753. The van der Waals surface area contributed by atoms with Crippen LogP contribution in [0.15, 0.2) is 0 Å². The van der Waals surface area contributed by atoms with Crippen LogP contribution in [-0.4, -0.2) is 29.9 Å². The smallest absolute Gasteiger partial charge is 0.336 e. The Kier molecular flexibility index (Phi) is 3.84. The third kappa shape index (κ3) is 2.89. The molecule has 1 fully saturated rings. The van der Waals surface area contributed by atoms with Gasteiger partial charge < -0.3 is 9.47 Å². The van der Waals surface area contributed by atoms with E-state index in [0.717, 1.165) is 0 Å². The van der Waals surface area contributed by atoms with Crippen LogP contribution >= 0.6 is 11.8 Å². The van der Waals surface area contributed by atoms with E-state index in [4.69, 9.17) is 9.47 Å². The molecule has 1 rings (SSSR count). The predicted molar refractivity (Wildman–Crippen MR) is 57.2 cm³/mol. The first-order valence-corrected chi connectivity index (χ1v) is 5.93. The van der Waals surface area contributed by atoms with E-state index in [2.05, 4.69) is 20.8 Å². The van der Waals surface area contributed by atoms with Gasteiger partial charge in [0.25, 0.3) is 0 Å². The van der Waals surface area contributed by atoms with E-state index in [9.17, 15) is 4.79 Å². The second-order valence-corrected chi connectivity index (χ2v) is 5.50. The number of esters is 1. The fraction of sp³-hybridized carbons (Fsp3) is 0.900. The Bertz CT molecular complexity index is 210. The van der Waals surface area contributed by atoms with Crippen molar-refractivity contribution in [1.82, 2.24) is 0 Å². The highest BCUT2D eigenvalue weighted by Crippen LogP contribution is 2.37. The number of carbonyl (C=O) groups is 1. The van der Waals surface area contributed by atoms with Crippen LogP contribution in [-0.2, 0) is 14.3 Å². The van der Waals surface area contributed by atoms with Crippen molar-refractivity contribution in [1.29, 1.82) is 0 Å². The predicted octanol–water partition coefficient (Wildman–Crippen LogP) is 2.05. The topological polar surface area (TPSA) is 35.5 Å². The van der Waals surface area contributed by atoms with Gasteiger partial charge in [-0.3, -0.25) is 0 Å². The number of carbonyl (C=O) groups excluding carboxylic acids is 1. The zero-order valence-corrected chi connectivity index (χ0v) is 10.0. The molecule has 0 bridgehead atoms. The molecule has 1 saturated heterocycles. The molecule has 1 aliphatic heterocycles. The minimum Gasteiger partial charge on any atom is -0.464 e. The van der Waals surface area contributed by atoms with Crippen LogP contribution < -0.4 is 0 Å². The lowest BCUT2D eigenvalue weighted by molar-refractivity contribution is -0.156. The SMILES string of the molecule is CCOC(=O)C1CSC(C(C)(C)C)O1. The maximum atomic E-state index is 11.4. The van der Waals surface area contributed by atoms with Gasteiger partial charge in [0.2, 0.25) is 0 Å². The average molecular weight is 218 g/mol. The Balaban J connectivity index is 2.45. The average Bonchev–Trinajstić information content (AvgIpc) is 2.51. The van der Waals surface area contributed by atoms with Crippen LogP contribution in [0.1, 0.15) is 27.7 Å². The molecule has 2 unspecified atom stereocenters. The van der Waals surface area contributed by atoms with Crippen LogP contribution in [0.25, 0.3) is 0 Å². The summed E-state index contributed by atoms with van der Waals surface area (Å²) >= 11 is 1.69. The Morgan fingerprint density at radius 2 is 2.21 bits per heavy atom. The van der Waals surface area contributed by atoms with E-state index in [1.165, 1.54) is 0 Å². The van der Waals surface area contributed by atoms with Crippen molar-refractivity contribution in [2.24, 2.45) is 5.41 Å². The standard InChI is InChI=1S/C10H18O3S/c1-5-12-8(11)7-6-14-9(13-7)10(2,3)4/h7,9H,5-6H2,1-4H3. The summed E-state index contributed by atoms with van der Waals surface area (Å²) in [5, 5.41) is 0. The molecule has 0 aromatic carbocycles. The summed E-state index contributed by atoms with van der Waals surface area (Å²) in [7, 11) is 0. The molecule has 0 aromatic heterocycles. The lowest BCUT2D eigenvalue weighted by atomic mass is 9.98. The molecule has 0 radical (unpaired) electrons. The monoisotopic (exact) mass is 218 g/mol. The zero-order chi connectivity index (χ0) is 10.8. The Morgan fingerprint density at radius 1 is 1.57 bits per heavy atom. The van der Waals surface area contributed by atoms with Crippen LogP contribution in [0, 0.1) is 5.41 Å². The highest BCUT2D eigenvalue weighted by molar-refractivity contribution is 8.00. The number of ether oxygens (including phenoxy) is 2. The fourth-order valence-electron chi connectivity index (χ4n) is 1.22. The van der Waals surface area contributed by atoms with Gasteiger partial charge in [-0.25, -0.2) is 4.79 Å². The van der Waals surface area contributed by atoms with Crippen molar-refractivity contribution < 1.29 is 14.3 Å². The van der Waals surface area contributed by atoms with Gasteiger partial charge in [-0.15, -0.1) is 11.8 Å². The molecular weight excluding hydrogens is 200 g/mol. The summed E-state index contributed by atoms with van der Waals surface area (Å²) in [5.74, 6) is 0.479. The second-order valence-electron chi connectivity index (χ2n) is 4.41. The first kappa shape index (κ1) is 11.9. The highest BCUT2D eigenvalue weighted by atomic mass is 32.2. The largest absolute Gasteiger partial charge is 0.464 e. The number of hydrogen-bond acceptors (Lipinski definition) is 4. The molecule has 0 aliphatic carbocycles. The molecule has 3 nitrogen and oxygen atoms in total. The normalized spacial score (nSPS) is 27.7. The van der Waals surface area contributed by atoms with Crippen molar-refractivity contribution in [3.8, 4) is 0 Å².